The van der Waals surface area contributed by atoms with Crippen LogP contribution in [0.5, 0.6) is 17.2 Å². The van der Waals surface area contributed by atoms with Gasteiger partial charge < -0.3 is 29.0 Å². The van der Waals surface area contributed by atoms with E-state index < -0.39 is 12.0 Å². The van der Waals surface area contributed by atoms with Gasteiger partial charge in [-0.15, -0.1) is 0 Å². The van der Waals surface area contributed by atoms with Crippen molar-refractivity contribution in [3.63, 3.8) is 0 Å². The number of carbonyl (C=O) groups is 2. The summed E-state index contributed by atoms with van der Waals surface area (Å²) in [7, 11) is 4.41. The van der Waals surface area contributed by atoms with Gasteiger partial charge in [-0.25, -0.2) is 0 Å². The van der Waals surface area contributed by atoms with Crippen molar-refractivity contribution >= 4 is 11.9 Å². The molecule has 132 valence electrons. The molecule has 1 aliphatic rings. The number of carbonyl (C=O) groups excluding carboxylic acids is 1. The highest BCUT2D eigenvalue weighted by molar-refractivity contribution is 5.96. The molecule has 0 aromatic heterocycles. The van der Waals surface area contributed by atoms with Gasteiger partial charge in [-0.05, 0) is 12.1 Å². The van der Waals surface area contributed by atoms with Crippen LogP contribution >= 0.6 is 0 Å². The zero-order chi connectivity index (χ0) is 17.7. The molecule has 0 radical (unpaired) electrons. The number of methoxy groups -OCH3 is 3. The van der Waals surface area contributed by atoms with Gasteiger partial charge in [-0.1, -0.05) is 0 Å². The zero-order valence-electron chi connectivity index (χ0n) is 13.9. The summed E-state index contributed by atoms with van der Waals surface area (Å²) in [5.74, 6) is -0.163. The van der Waals surface area contributed by atoms with Gasteiger partial charge >= 0.3 is 5.97 Å². The topological polar surface area (TPSA) is 94.5 Å². The zero-order valence-corrected chi connectivity index (χ0v) is 13.9. The van der Waals surface area contributed by atoms with Gasteiger partial charge in [0, 0.05) is 12.1 Å². The lowest BCUT2D eigenvalue weighted by Crippen LogP contribution is -2.49. The third-order valence-corrected chi connectivity index (χ3v) is 3.81. The van der Waals surface area contributed by atoms with Gasteiger partial charge in [-0.3, -0.25) is 9.59 Å². The fourth-order valence-electron chi connectivity index (χ4n) is 2.66. The van der Waals surface area contributed by atoms with Crippen LogP contribution in [0, 0.1) is 0 Å². The van der Waals surface area contributed by atoms with Crippen LogP contribution in [0.1, 0.15) is 16.8 Å². The van der Waals surface area contributed by atoms with Gasteiger partial charge in [0.2, 0.25) is 5.75 Å². The number of aliphatic carboxylic acids is 1. The molecular weight excluding hydrogens is 318 g/mol. The highest BCUT2D eigenvalue weighted by Crippen LogP contribution is 2.38. The monoisotopic (exact) mass is 339 g/mol. The Morgan fingerprint density at radius 1 is 1.21 bits per heavy atom. The van der Waals surface area contributed by atoms with Crippen LogP contribution in [0.3, 0.4) is 0 Å². The fourth-order valence-corrected chi connectivity index (χ4v) is 2.66. The first-order valence-electron chi connectivity index (χ1n) is 7.42. The molecule has 1 heterocycles. The van der Waals surface area contributed by atoms with Crippen molar-refractivity contribution in [1.82, 2.24) is 4.90 Å². The Bertz CT molecular complexity index is 591. The van der Waals surface area contributed by atoms with E-state index in [9.17, 15) is 9.59 Å². The molecule has 1 N–H and O–H groups in total. The predicted octanol–water partition coefficient (Wildman–Crippen LogP) is 1.03. The molecule has 8 heteroatoms. The quantitative estimate of drug-likeness (QED) is 0.827. The average molecular weight is 339 g/mol. The van der Waals surface area contributed by atoms with Gasteiger partial charge in [0.25, 0.3) is 5.91 Å². The Kier molecular flexibility index (Phi) is 5.86. The number of nitrogens with zero attached hydrogens (tertiary/aromatic N) is 1. The van der Waals surface area contributed by atoms with E-state index >= 15 is 0 Å². The summed E-state index contributed by atoms with van der Waals surface area (Å²) in [6.07, 6.45) is -0.170. The Morgan fingerprint density at radius 2 is 1.83 bits per heavy atom. The summed E-state index contributed by atoms with van der Waals surface area (Å²) >= 11 is 0. The van der Waals surface area contributed by atoms with E-state index in [0.29, 0.717) is 36.0 Å². The second-order valence-electron chi connectivity index (χ2n) is 5.24. The Balaban J connectivity index is 2.35. The Labute approximate surface area is 139 Å². The molecule has 0 bridgehead atoms. The summed E-state index contributed by atoms with van der Waals surface area (Å²) in [6, 6.07) is 2.59. The molecule has 1 atom stereocenters. The van der Waals surface area contributed by atoms with E-state index in [-0.39, 0.29) is 18.9 Å². The lowest BCUT2D eigenvalue weighted by atomic mass is 10.1. The van der Waals surface area contributed by atoms with Crippen LogP contribution in [0.25, 0.3) is 0 Å². The van der Waals surface area contributed by atoms with Crippen molar-refractivity contribution in [2.45, 2.75) is 12.5 Å². The smallest absolute Gasteiger partial charge is 0.305 e. The maximum absolute atomic E-state index is 12.9. The van der Waals surface area contributed by atoms with E-state index in [4.69, 9.17) is 24.1 Å². The maximum atomic E-state index is 12.9. The summed E-state index contributed by atoms with van der Waals surface area (Å²) in [5.41, 5.74) is 0.335. The maximum Gasteiger partial charge on any atom is 0.305 e. The van der Waals surface area contributed by atoms with Crippen molar-refractivity contribution in [3.05, 3.63) is 17.7 Å². The van der Waals surface area contributed by atoms with Crippen molar-refractivity contribution in [3.8, 4) is 17.2 Å². The molecule has 8 nitrogen and oxygen atoms in total. The lowest BCUT2D eigenvalue weighted by molar-refractivity contribution is -0.139. The number of morpholine rings is 1. The fraction of sp³-hybridized carbons (Fsp3) is 0.500. The standard InChI is InChI=1S/C16H21NO7/c1-21-12-6-10(7-13(22-2)15(12)23-3)16(20)17-4-5-24-9-11(17)8-14(18)19/h6-7,11H,4-5,8-9H2,1-3H3,(H,18,19). The van der Waals surface area contributed by atoms with Gasteiger partial charge in [0.1, 0.15) is 0 Å². The van der Waals surface area contributed by atoms with E-state index in [1.165, 1.54) is 26.2 Å². The number of carboxylic acids is 1. The Hall–Kier alpha value is -2.48. The molecule has 24 heavy (non-hydrogen) atoms. The van der Waals surface area contributed by atoms with Crippen LogP contribution in [0.2, 0.25) is 0 Å². The molecule has 1 unspecified atom stereocenters. The van der Waals surface area contributed by atoms with Crippen LogP contribution in [-0.2, 0) is 9.53 Å². The lowest BCUT2D eigenvalue weighted by Gasteiger charge is -2.35. The summed E-state index contributed by atoms with van der Waals surface area (Å²) in [4.78, 5) is 25.4. The number of ether oxygens (including phenoxy) is 4. The second-order valence-corrected chi connectivity index (χ2v) is 5.24. The van der Waals surface area contributed by atoms with E-state index in [1.807, 2.05) is 0 Å². The molecular formula is C16H21NO7. The third-order valence-electron chi connectivity index (χ3n) is 3.81. The molecule has 1 aromatic carbocycles. The normalized spacial score (nSPS) is 17.3. The first-order chi connectivity index (χ1) is 11.5. The SMILES string of the molecule is COc1cc(C(=O)N2CCOCC2CC(=O)O)cc(OC)c1OC. The first kappa shape index (κ1) is 17.9. The summed E-state index contributed by atoms with van der Waals surface area (Å²) < 4.78 is 21.0. The highest BCUT2D eigenvalue weighted by atomic mass is 16.5. The molecule has 1 fully saturated rings. The molecule has 0 aliphatic carbocycles. The van der Waals surface area contributed by atoms with Crippen molar-refractivity contribution in [2.24, 2.45) is 0 Å². The molecule has 1 saturated heterocycles. The molecule has 1 aliphatic heterocycles. The Morgan fingerprint density at radius 3 is 2.33 bits per heavy atom. The van der Waals surface area contributed by atoms with Gasteiger partial charge in [0.15, 0.2) is 11.5 Å². The van der Waals surface area contributed by atoms with Crippen molar-refractivity contribution in [1.29, 1.82) is 0 Å². The van der Waals surface area contributed by atoms with Crippen molar-refractivity contribution in [2.75, 3.05) is 41.1 Å². The first-order valence-corrected chi connectivity index (χ1v) is 7.42. The average Bonchev–Trinajstić information content (AvgIpc) is 2.59. The summed E-state index contributed by atoms with van der Waals surface area (Å²) in [6.45, 7) is 0.891. The number of amides is 1. The van der Waals surface area contributed by atoms with Crippen molar-refractivity contribution < 1.29 is 33.6 Å². The molecule has 1 amide bonds. The number of benzene rings is 1. The number of hydrogen-bond acceptors (Lipinski definition) is 6. The number of rotatable bonds is 6. The van der Waals surface area contributed by atoms with E-state index in [1.54, 1.807) is 12.1 Å². The number of hydrogen-bond donors (Lipinski definition) is 1. The van der Waals surface area contributed by atoms with E-state index in [2.05, 4.69) is 0 Å². The van der Waals surface area contributed by atoms with Crippen LogP contribution in [0.15, 0.2) is 12.1 Å². The molecule has 0 saturated carbocycles. The van der Waals surface area contributed by atoms with Crippen LogP contribution in [-0.4, -0.2) is 69.0 Å². The predicted molar refractivity (Wildman–Crippen MR) is 84.0 cm³/mol. The van der Waals surface area contributed by atoms with Gasteiger partial charge in [-0.2, -0.15) is 0 Å². The minimum atomic E-state index is -0.979. The van der Waals surface area contributed by atoms with Gasteiger partial charge in [0.05, 0.1) is 47.0 Å². The third kappa shape index (κ3) is 3.70. The highest BCUT2D eigenvalue weighted by Gasteiger charge is 2.31. The second kappa shape index (κ2) is 7.87. The van der Waals surface area contributed by atoms with E-state index in [0.717, 1.165) is 0 Å². The van der Waals surface area contributed by atoms with Crippen LogP contribution < -0.4 is 14.2 Å². The molecule has 0 spiro atoms. The summed E-state index contributed by atoms with van der Waals surface area (Å²) in [5, 5.41) is 9.02. The largest absolute Gasteiger partial charge is 0.493 e. The minimum absolute atomic E-state index is 0.170. The molecule has 1 aromatic rings. The number of carboxylic acid groups (broad SMARTS) is 1. The minimum Gasteiger partial charge on any atom is -0.493 e. The van der Waals surface area contributed by atoms with Crippen LogP contribution in [0.4, 0.5) is 0 Å². The molecule has 2 rings (SSSR count).